The van der Waals surface area contributed by atoms with E-state index in [1.54, 1.807) is 0 Å². The second kappa shape index (κ2) is 12.0. The second-order valence-electron chi connectivity index (χ2n) is 15.7. The highest BCUT2D eigenvalue weighted by Crippen LogP contribution is 2.51. The van der Waals surface area contributed by atoms with Gasteiger partial charge in [0.2, 0.25) is 0 Å². The molecule has 258 valence electrons. The van der Waals surface area contributed by atoms with Gasteiger partial charge in [-0.25, -0.2) is 15.0 Å². The van der Waals surface area contributed by atoms with Crippen LogP contribution in [-0.2, 0) is 10.8 Å². The zero-order valence-corrected chi connectivity index (χ0v) is 30.9. The molecule has 0 unspecified atom stereocenters. The van der Waals surface area contributed by atoms with Crippen LogP contribution in [0.2, 0.25) is 0 Å². The topological polar surface area (TPSA) is 38.7 Å². The van der Waals surface area contributed by atoms with Gasteiger partial charge in [-0.05, 0) is 97.1 Å². The third kappa shape index (κ3) is 5.07. The van der Waals surface area contributed by atoms with Gasteiger partial charge in [0.15, 0.2) is 17.5 Å². The number of hydrogen-bond donors (Lipinski definition) is 0. The Kier molecular flexibility index (Phi) is 7.19. The lowest BCUT2D eigenvalue weighted by Crippen LogP contribution is -2.15. The van der Waals surface area contributed by atoms with Crippen LogP contribution in [0.4, 0.5) is 0 Å². The van der Waals surface area contributed by atoms with Crippen molar-refractivity contribution in [2.45, 2.75) is 38.5 Å². The summed E-state index contributed by atoms with van der Waals surface area (Å²) in [6.07, 6.45) is 0. The minimum absolute atomic E-state index is 0.105. The smallest absolute Gasteiger partial charge is 0.164 e. The highest BCUT2D eigenvalue weighted by Gasteiger charge is 2.36. The van der Waals surface area contributed by atoms with Crippen LogP contribution in [0.25, 0.3) is 78.7 Å². The number of benzene rings is 7. The Labute approximate surface area is 317 Å². The molecule has 0 saturated heterocycles. The molecule has 3 nitrogen and oxygen atoms in total. The first-order chi connectivity index (χ1) is 26.3. The molecule has 0 amide bonds. The summed E-state index contributed by atoms with van der Waals surface area (Å²) in [5.74, 6) is 1.95. The Balaban J connectivity index is 1.19. The zero-order chi connectivity index (χ0) is 36.6. The van der Waals surface area contributed by atoms with Gasteiger partial charge in [-0.3, -0.25) is 0 Å². The van der Waals surface area contributed by atoms with Crippen LogP contribution in [0.15, 0.2) is 164 Å². The molecule has 0 N–H and O–H groups in total. The van der Waals surface area contributed by atoms with E-state index in [9.17, 15) is 0 Å². The predicted molar refractivity (Wildman–Crippen MR) is 222 cm³/mol. The number of rotatable bonds is 5. The molecule has 2 aliphatic carbocycles. The first-order valence-corrected chi connectivity index (χ1v) is 18.8. The van der Waals surface area contributed by atoms with E-state index in [1.165, 1.54) is 55.6 Å². The maximum atomic E-state index is 5.16. The molecule has 1 heterocycles. The first-order valence-electron chi connectivity index (χ1n) is 18.8. The highest BCUT2D eigenvalue weighted by molar-refractivity contribution is 5.88. The van der Waals surface area contributed by atoms with Crippen LogP contribution in [-0.4, -0.2) is 15.0 Å². The lowest BCUT2D eigenvalue weighted by molar-refractivity contribution is 0.660. The molecule has 0 radical (unpaired) electrons. The molecule has 0 aliphatic heterocycles. The minimum atomic E-state index is -0.105. The average molecular weight is 694 g/mol. The molecule has 1 aromatic heterocycles. The SMILES string of the molecule is CC1(C)c2ccccc2-c2ccc(-c3cc(-c4ccc5c(c4)C(C)(C)c4ccccc4-5)cc(-c4nc(-c5ccccc5)nc(-c5ccccc5)n4)c3)cc21. The van der Waals surface area contributed by atoms with Gasteiger partial charge in [0, 0.05) is 27.5 Å². The van der Waals surface area contributed by atoms with E-state index in [1.807, 2.05) is 36.4 Å². The molecular weight excluding hydrogens is 655 g/mol. The Hall–Kier alpha value is -6.45. The molecule has 54 heavy (non-hydrogen) atoms. The highest BCUT2D eigenvalue weighted by atomic mass is 15.0. The van der Waals surface area contributed by atoms with Gasteiger partial charge in [0.1, 0.15) is 0 Å². The van der Waals surface area contributed by atoms with E-state index in [4.69, 9.17) is 15.0 Å². The summed E-state index contributed by atoms with van der Waals surface area (Å²) in [6, 6.07) is 58.9. The number of hydrogen-bond acceptors (Lipinski definition) is 3. The Bertz CT molecular complexity index is 2580. The van der Waals surface area contributed by atoms with Crippen molar-refractivity contribution in [1.82, 2.24) is 15.0 Å². The van der Waals surface area contributed by atoms with Crippen LogP contribution in [0.1, 0.15) is 49.9 Å². The van der Waals surface area contributed by atoms with Crippen molar-refractivity contribution in [2.75, 3.05) is 0 Å². The van der Waals surface area contributed by atoms with Crippen molar-refractivity contribution < 1.29 is 0 Å². The molecule has 0 atom stereocenters. The van der Waals surface area contributed by atoms with Crippen molar-refractivity contribution in [3.05, 3.63) is 186 Å². The largest absolute Gasteiger partial charge is 0.208 e. The van der Waals surface area contributed by atoms with Crippen LogP contribution in [0, 0.1) is 0 Å². The average Bonchev–Trinajstić information content (AvgIpc) is 3.60. The summed E-state index contributed by atoms with van der Waals surface area (Å²) in [7, 11) is 0. The summed E-state index contributed by atoms with van der Waals surface area (Å²) in [4.78, 5) is 15.3. The van der Waals surface area contributed by atoms with Crippen molar-refractivity contribution >= 4 is 0 Å². The number of nitrogens with zero attached hydrogens (tertiary/aromatic N) is 3. The maximum absolute atomic E-state index is 5.16. The van der Waals surface area contributed by atoms with Crippen molar-refractivity contribution in [1.29, 1.82) is 0 Å². The summed E-state index contributed by atoms with van der Waals surface area (Å²) in [5.41, 5.74) is 18.0. The molecule has 10 rings (SSSR count). The van der Waals surface area contributed by atoms with E-state index < -0.39 is 0 Å². The van der Waals surface area contributed by atoms with E-state index in [0.29, 0.717) is 17.5 Å². The molecule has 3 heteroatoms. The van der Waals surface area contributed by atoms with Crippen LogP contribution >= 0.6 is 0 Å². The second-order valence-corrected chi connectivity index (χ2v) is 15.7. The first kappa shape index (κ1) is 32.2. The van der Waals surface area contributed by atoms with Gasteiger partial charge in [-0.15, -0.1) is 0 Å². The third-order valence-electron chi connectivity index (χ3n) is 11.7. The molecule has 0 saturated carbocycles. The van der Waals surface area contributed by atoms with Crippen LogP contribution in [0.5, 0.6) is 0 Å². The van der Waals surface area contributed by atoms with E-state index in [2.05, 4.69) is 155 Å². The molecule has 8 aromatic rings. The van der Waals surface area contributed by atoms with Gasteiger partial charge >= 0.3 is 0 Å². The Morgan fingerprint density at radius 1 is 0.278 bits per heavy atom. The summed E-state index contributed by atoms with van der Waals surface area (Å²) < 4.78 is 0. The summed E-state index contributed by atoms with van der Waals surface area (Å²) in [6.45, 7) is 9.37. The van der Waals surface area contributed by atoms with Gasteiger partial charge in [-0.1, -0.05) is 161 Å². The molecule has 0 spiro atoms. The fourth-order valence-corrected chi connectivity index (χ4v) is 8.80. The van der Waals surface area contributed by atoms with E-state index in [0.717, 1.165) is 27.8 Å². The summed E-state index contributed by atoms with van der Waals surface area (Å²) >= 11 is 0. The fourth-order valence-electron chi connectivity index (χ4n) is 8.80. The molecule has 7 aromatic carbocycles. The minimum Gasteiger partial charge on any atom is -0.208 e. The molecule has 2 aliphatic rings. The lowest BCUT2D eigenvalue weighted by atomic mass is 9.81. The monoisotopic (exact) mass is 693 g/mol. The number of fused-ring (bicyclic) bond motifs is 6. The molecule has 0 fully saturated rings. The van der Waals surface area contributed by atoms with E-state index in [-0.39, 0.29) is 10.8 Å². The van der Waals surface area contributed by atoms with Crippen molar-refractivity contribution in [2.24, 2.45) is 0 Å². The fraction of sp³-hybridized carbons (Fsp3) is 0.118. The standard InChI is InChI=1S/C51H39N3/c1-50(2)43-21-13-11-19-39(43)41-25-23-34(30-45(41)50)36-27-37(35-24-26-42-40-20-12-14-22-44(40)51(3,4)46(42)31-35)29-38(28-36)49-53-47(32-15-7-5-8-16-32)52-48(54-49)33-17-9-6-10-18-33/h5-31H,1-4H3. The van der Waals surface area contributed by atoms with Crippen LogP contribution < -0.4 is 0 Å². The molecular formula is C51H39N3. The Morgan fingerprint density at radius 3 is 1.07 bits per heavy atom. The van der Waals surface area contributed by atoms with Gasteiger partial charge in [0.25, 0.3) is 0 Å². The quantitative estimate of drug-likeness (QED) is 0.180. The van der Waals surface area contributed by atoms with Gasteiger partial charge < -0.3 is 0 Å². The molecule has 0 bridgehead atoms. The normalized spacial score (nSPS) is 14.2. The zero-order valence-electron chi connectivity index (χ0n) is 30.9. The van der Waals surface area contributed by atoms with E-state index >= 15 is 0 Å². The predicted octanol–water partition coefficient (Wildman–Crippen LogP) is 12.8. The third-order valence-corrected chi connectivity index (χ3v) is 11.7. The Morgan fingerprint density at radius 2 is 0.630 bits per heavy atom. The van der Waals surface area contributed by atoms with Gasteiger partial charge in [-0.2, -0.15) is 0 Å². The van der Waals surface area contributed by atoms with Crippen molar-refractivity contribution in [3.8, 4) is 78.7 Å². The van der Waals surface area contributed by atoms with Crippen molar-refractivity contribution in [3.63, 3.8) is 0 Å². The van der Waals surface area contributed by atoms with Gasteiger partial charge in [0.05, 0.1) is 0 Å². The summed E-state index contributed by atoms with van der Waals surface area (Å²) in [5, 5.41) is 0. The van der Waals surface area contributed by atoms with Crippen LogP contribution in [0.3, 0.4) is 0 Å². The maximum Gasteiger partial charge on any atom is 0.164 e. The lowest BCUT2D eigenvalue weighted by Gasteiger charge is -2.22. The number of aromatic nitrogens is 3.